The Morgan fingerprint density at radius 3 is 1.27 bits per heavy atom. The molecule has 26 heavy (non-hydrogen) atoms. The van der Waals surface area contributed by atoms with Crippen LogP contribution in [0.3, 0.4) is 0 Å². The van der Waals surface area contributed by atoms with Gasteiger partial charge in [-0.05, 0) is 6.42 Å². The Hall–Kier alpha value is 0.371. The van der Waals surface area contributed by atoms with Gasteiger partial charge in [0.2, 0.25) is 0 Å². The molecule has 0 aromatic rings. The van der Waals surface area contributed by atoms with E-state index in [1.54, 1.807) is 14.2 Å². The molecule has 7 nitrogen and oxygen atoms in total. The molecule has 0 aliphatic heterocycles. The highest BCUT2D eigenvalue weighted by molar-refractivity contribution is 6.78. The van der Waals surface area contributed by atoms with Gasteiger partial charge in [0.05, 0.1) is 8.07 Å². The van der Waals surface area contributed by atoms with Gasteiger partial charge < -0.3 is 31.0 Å². The van der Waals surface area contributed by atoms with Crippen molar-refractivity contribution < 1.29 is 31.0 Å². The molecule has 0 aliphatic rings. The maximum atomic E-state index is 6.34. The van der Waals surface area contributed by atoms with E-state index in [4.69, 9.17) is 31.0 Å². The molecule has 0 heterocycles. The van der Waals surface area contributed by atoms with Gasteiger partial charge in [0, 0.05) is 54.4 Å². The van der Waals surface area contributed by atoms with Crippen LogP contribution >= 0.6 is 0 Å². The van der Waals surface area contributed by atoms with Gasteiger partial charge in [0.15, 0.2) is 0 Å². The van der Waals surface area contributed by atoms with E-state index in [0.717, 1.165) is 25.3 Å². The van der Waals surface area contributed by atoms with Crippen molar-refractivity contribution in [1.82, 2.24) is 0 Å². The zero-order chi connectivity index (χ0) is 20.9. The predicted octanol–water partition coefficient (Wildman–Crippen LogP) is 3.70. The minimum atomic E-state index is -2.69. The van der Waals surface area contributed by atoms with Crippen molar-refractivity contribution in [2.75, 3.05) is 42.7 Å². The molecule has 160 valence electrons. The first kappa shape index (κ1) is 28.6. The lowest BCUT2D eigenvalue weighted by molar-refractivity contribution is 0.0226. The van der Waals surface area contributed by atoms with Gasteiger partial charge in [-0.1, -0.05) is 46.3 Å². The van der Waals surface area contributed by atoms with Gasteiger partial charge in [-0.3, -0.25) is 0 Å². The molecule has 0 aromatic carbocycles. The van der Waals surface area contributed by atoms with Crippen LogP contribution in [0.15, 0.2) is 0 Å². The van der Waals surface area contributed by atoms with Crippen molar-refractivity contribution >= 4 is 25.9 Å². The van der Waals surface area contributed by atoms with E-state index in [1.807, 2.05) is 0 Å². The highest BCUT2D eigenvalue weighted by atomic mass is 28.4. The Morgan fingerprint density at radius 1 is 0.654 bits per heavy atom. The minimum absolute atomic E-state index is 0.339. The molecule has 0 amide bonds. The average molecular weight is 431 g/mol. The van der Waals surface area contributed by atoms with Gasteiger partial charge in [-0.15, -0.1) is 0 Å². The lowest BCUT2D eigenvalue weighted by Crippen LogP contribution is -2.53. The van der Waals surface area contributed by atoms with Gasteiger partial charge in [0.1, 0.15) is 0 Å². The molecule has 1 unspecified atom stereocenters. The summed E-state index contributed by atoms with van der Waals surface area (Å²) < 4.78 is 37.0. The lowest BCUT2D eigenvalue weighted by Gasteiger charge is -2.36. The number of hydrogen-bond acceptors (Lipinski definition) is 7. The summed E-state index contributed by atoms with van der Waals surface area (Å²) in [7, 11) is 2.96. The summed E-state index contributed by atoms with van der Waals surface area (Å²) >= 11 is 0. The van der Waals surface area contributed by atoms with Crippen LogP contribution in [0.4, 0.5) is 0 Å². The predicted molar refractivity (Wildman–Crippen MR) is 112 cm³/mol. The quantitative estimate of drug-likeness (QED) is 0.413. The summed E-state index contributed by atoms with van der Waals surface area (Å²) in [5.74, 6) is 0. The van der Waals surface area contributed by atoms with Crippen LogP contribution in [0.1, 0.15) is 33.1 Å². The van der Waals surface area contributed by atoms with Crippen molar-refractivity contribution in [3.63, 3.8) is 0 Å². The lowest BCUT2D eigenvalue weighted by atomic mass is 10.4. The molecule has 0 bridgehead atoms. The largest absolute Gasteiger partial charge is 0.678 e. The van der Waals surface area contributed by atoms with Gasteiger partial charge in [-0.25, -0.2) is 0 Å². The van der Waals surface area contributed by atoms with E-state index in [9.17, 15) is 0 Å². The minimum Gasteiger partial charge on any atom is -0.377 e. The van der Waals surface area contributed by atoms with E-state index in [0.29, 0.717) is 5.73 Å². The molecule has 0 rings (SSSR count). The summed E-state index contributed by atoms with van der Waals surface area (Å²) in [4.78, 5) is 0. The second-order valence-electron chi connectivity index (χ2n) is 6.92. The molecule has 10 heteroatoms. The van der Waals surface area contributed by atoms with Crippen molar-refractivity contribution in [3.8, 4) is 0 Å². The fourth-order valence-electron chi connectivity index (χ4n) is 2.40. The molecule has 0 spiro atoms. The van der Waals surface area contributed by atoms with Crippen LogP contribution < -0.4 is 0 Å². The van der Waals surface area contributed by atoms with Gasteiger partial charge >= 0.3 is 17.9 Å². The van der Waals surface area contributed by atoms with Gasteiger partial charge in [-0.2, -0.15) is 0 Å². The fourth-order valence-corrected chi connectivity index (χ4v) is 8.55. The van der Waals surface area contributed by atoms with Crippen molar-refractivity contribution in [1.29, 1.82) is 0 Å². The molecule has 1 atom stereocenters. The highest BCUT2D eigenvalue weighted by Crippen LogP contribution is 2.25. The topological polar surface area (TPSA) is 64.6 Å². The van der Waals surface area contributed by atoms with E-state index in [1.165, 1.54) is 28.4 Å². The van der Waals surface area contributed by atoms with Crippen LogP contribution in [-0.4, -0.2) is 74.3 Å². The second kappa shape index (κ2) is 14.4. The first-order valence-electron chi connectivity index (χ1n) is 9.08. The number of rotatable bonds is 13. The Balaban J connectivity index is 0. The first-order valence-corrected chi connectivity index (χ1v) is 16.2. The Morgan fingerprint density at radius 2 is 1.08 bits per heavy atom. The van der Waals surface area contributed by atoms with E-state index < -0.39 is 25.9 Å². The Bertz CT molecular complexity index is 315. The third-order valence-corrected chi connectivity index (χ3v) is 11.6. The van der Waals surface area contributed by atoms with Crippen LogP contribution in [-0.2, 0) is 31.0 Å². The van der Waals surface area contributed by atoms with Crippen LogP contribution in [0.2, 0.25) is 25.7 Å². The maximum Gasteiger partial charge on any atom is 0.678 e. The second-order valence-corrected chi connectivity index (χ2v) is 17.8. The smallest absolute Gasteiger partial charge is 0.377 e. The molecule has 0 aliphatic carbocycles. The number of hydrogen-bond donors (Lipinski definition) is 0. The summed E-state index contributed by atoms with van der Waals surface area (Å²) in [6.45, 7) is 11.4. The molecular weight excluding hydrogens is 388 g/mol. The maximum absolute atomic E-state index is 6.34. The molecule has 0 fully saturated rings. The summed E-state index contributed by atoms with van der Waals surface area (Å²) in [5, 5.41) is 0. The average Bonchev–Trinajstić information content (AvgIpc) is 2.63. The molecular formula is C16H42O7Si3. The van der Waals surface area contributed by atoms with E-state index in [-0.39, 0.29) is 0 Å². The first-order chi connectivity index (χ1) is 12.1. The van der Waals surface area contributed by atoms with Crippen LogP contribution in [0, 0.1) is 0 Å². The van der Waals surface area contributed by atoms with Crippen LogP contribution in [0.25, 0.3) is 0 Å². The summed E-state index contributed by atoms with van der Waals surface area (Å²) in [6, 6.07) is 0.907. The molecule has 0 saturated heterocycles. The monoisotopic (exact) mass is 430 g/mol. The molecule has 0 saturated carbocycles. The van der Waals surface area contributed by atoms with E-state index in [2.05, 4.69) is 33.5 Å². The third kappa shape index (κ3) is 10.1. The standard InChI is InChI=1S/C12H30O3Si2.C4H12O4Si/c1-8-10-12(16(5,6)7)15-17(13-3,14-4)11-9-2;1-5-9(6-2,7-3)8-4/h12H,8-11H2,1-7H3;1-4H3. The van der Waals surface area contributed by atoms with Crippen molar-refractivity contribution in [2.24, 2.45) is 0 Å². The third-order valence-electron chi connectivity index (χ3n) is 4.02. The van der Waals surface area contributed by atoms with Crippen molar-refractivity contribution in [2.45, 2.75) is 64.5 Å². The Kier molecular flexibility index (Phi) is 15.8. The summed E-state index contributed by atoms with van der Waals surface area (Å²) in [5.41, 5.74) is 0.339. The Labute approximate surface area is 164 Å². The SMILES string of the molecule is CCCC(O[Si](CCC)(OC)OC)[Si](C)(C)C.CO[Si](OC)(OC)OC. The molecule has 0 aromatic heterocycles. The fraction of sp³-hybridized carbons (Fsp3) is 1.00. The zero-order valence-corrected chi connectivity index (χ0v) is 21.8. The zero-order valence-electron chi connectivity index (χ0n) is 18.8. The normalized spacial score (nSPS) is 14.0. The molecule has 0 N–H and O–H groups in total. The van der Waals surface area contributed by atoms with Gasteiger partial charge in [0.25, 0.3) is 0 Å². The highest BCUT2D eigenvalue weighted by Gasteiger charge is 2.43. The van der Waals surface area contributed by atoms with Crippen molar-refractivity contribution in [3.05, 3.63) is 0 Å². The van der Waals surface area contributed by atoms with Crippen LogP contribution in [0.5, 0.6) is 0 Å². The summed E-state index contributed by atoms with van der Waals surface area (Å²) in [6.07, 6.45) is 3.30. The van der Waals surface area contributed by atoms with E-state index >= 15 is 0 Å². The molecule has 0 radical (unpaired) electrons.